The van der Waals surface area contributed by atoms with E-state index in [0.717, 1.165) is 18.6 Å². The fourth-order valence-electron chi connectivity index (χ4n) is 2.29. The van der Waals surface area contributed by atoms with Gasteiger partial charge in [0.15, 0.2) is 0 Å². The average molecular weight is 310 g/mol. The molecular formula is C17H18N4O2. The van der Waals surface area contributed by atoms with Crippen LogP contribution in [0, 0.1) is 0 Å². The van der Waals surface area contributed by atoms with Crippen molar-refractivity contribution < 1.29 is 9.21 Å². The maximum atomic E-state index is 12.4. The molecule has 0 radical (unpaired) electrons. The number of nitrogens with one attached hydrogen (secondary N) is 1. The zero-order valence-corrected chi connectivity index (χ0v) is 12.8. The molecule has 23 heavy (non-hydrogen) atoms. The Balaban J connectivity index is 1.60. The van der Waals surface area contributed by atoms with Crippen LogP contribution in [0.2, 0.25) is 0 Å². The number of amides is 1. The van der Waals surface area contributed by atoms with Gasteiger partial charge in [-0.1, -0.05) is 0 Å². The van der Waals surface area contributed by atoms with E-state index in [-0.39, 0.29) is 11.9 Å². The van der Waals surface area contributed by atoms with Crippen LogP contribution in [0.25, 0.3) is 5.82 Å². The molecule has 0 spiro atoms. The molecule has 0 saturated carbocycles. The van der Waals surface area contributed by atoms with Gasteiger partial charge in [0.05, 0.1) is 6.26 Å². The number of pyridine rings is 1. The van der Waals surface area contributed by atoms with E-state index < -0.39 is 0 Å². The Morgan fingerprint density at radius 2 is 2.30 bits per heavy atom. The predicted octanol–water partition coefficient (Wildman–Crippen LogP) is 2.61. The fourth-order valence-corrected chi connectivity index (χ4v) is 2.29. The summed E-state index contributed by atoms with van der Waals surface area (Å²) in [4.78, 5) is 20.6. The standard InChI is InChI=1S/C17H18N4O2/c1-13(4-5-15-3-2-10-23-15)20-17(22)14-6-7-19-16(11-14)21-9-8-18-12-21/h2-3,6-13H,4-5H2,1H3,(H,20,22)/t13-/m0/s1. The van der Waals surface area contributed by atoms with E-state index >= 15 is 0 Å². The van der Waals surface area contributed by atoms with Gasteiger partial charge in [-0.2, -0.15) is 0 Å². The largest absolute Gasteiger partial charge is 0.469 e. The summed E-state index contributed by atoms with van der Waals surface area (Å²) in [5, 5.41) is 3.00. The zero-order chi connectivity index (χ0) is 16.1. The van der Waals surface area contributed by atoms with Crippen LogP contribution in [0.3, 0.4) is 0 Å². The molecule has 0 aliphatic heterocycles. The number of nitrogens with zero attached hydrogens (tertiary/aromatic N) is 3. The minimum atomic E-state index is -0.110. The van der Waals surface area contributed by atoms with Crippen LogP contribution < -0.4 is 5.32 Å². The Morgan fingerprint density at radius 3 is 3.04 bits per heavy atom. The molecule has 0 bridgehead atoms. The summed E-state index contributed by atoms with van der Waals surface area (Å²) in [5.74, 6) is 1.48. The molecule has 1 N–H and O–H groups in total. The van der Waals surface area contributed by atoms with Crippen molar-refractivity contribution in [2.24, 2.45) is 0 Å². The monoisotopic (exact) mass is 310 g/mol. The van der Waals surface area contributed by atoms with Crippen LogP contribution in [-0.2, 0) is 6.42 Å². The van der Waals surface area contributed by atoms with Crippen molar-refractivity contribution in [1.82, 2.24) is 19.9 Å². The molecule has 6 heteroatoms. The summed E-state index contributed by atoms with van der Waals surface area (Å²) >= 11 is 0. The van der Waals surface area contributed by atoms with Gasteiger partial charge in [0, 0.05) is 36.6 Å². The number of furan rings is 1. The lowest BCUT2D eigenvalue weighted by Gasteiger charge is -2.13. The Morgan fingerprint density at radius 1 is 1.39 bits per heavy atom. The first-order chi connectivity index (χ1) is 11.2. The molecule has 1 amide bonds. The Labute approximate surface area is 134 Å². The van der Waals surface area contributed by atoms with E-state index in [1.165, 1.54) is 0 Å². The molecule has 0 aliphatic rings. The molecule has 0 aliphatic carbocycles. The predicted molar refractivity (Wildman–Crippen MR) is 85.3 cm³/mol. The summed E-state index contributed by atoms with van der Waals surface area (Å²) < 4.78 is 7.06. The zero-order valence-electron chi connectivity index (χ0n) is 12.8. The molecule has 118 valence electrons. The summed E-state index contributed by atoms with van der Waals surface area (Å²) in [6.07, 6.45) is 10.0. The van der Waals surface area contributed by atoms with E-state index in [0.29, 0.717) is 11.4 Å². The molecule has 0 aromatic carbocycles. The number of rotatable bonds is 6. The van der Waals surface area contributed by atoms with Crippen molar-refractivity contribution in [2.45, 2.75) is 25.8 Å². The van der Waals surface area contributed by atoms with E-state index in [1.54, 1.807) is 47.9 Å². The normalized spacial score (nSPS) is 12.0. The lowest BCUT2D eigenvalue weighted by molar-refractivity contribution is 0.0938. The topological polar surface area (TPSA) is 73.0 Å². The van der Waals surface area contributed by atoms with Gasteiger partial charge in [0.1, 0.15) is 17.9 Å². The van der Waals surface area contributed by atoms with E-state index in [4.69, 9.17) is 4.42 Å². The van der Waals surface area contributed by atoms with Crippen LogP contribution in [0.4, 0.5) is 0 Å². The van der Waals surface area contributed by atoms with Crippen molar-refractivity contribution in [1.29, 1.82) is 0 Å². The van der Waals surface area contributed by atoms with Gasteiger partial charge in [-0.05, 0) is 37.6 Å². The van der Waals surface area contributed by atoms with Crippen LogP contribution >= 0.6 is 0 Å². The van der Waals surface area contributed by atoms with Crippen molar-refractivity contribution in [2.75, 3.05) is 0 Å². The van der Waals surface area contributed by atoms with Crippen molar-refractivity contribution in [3.05, 3.63) is 66.8 Å². The quantitative estimate of drug-likeness (QED) is 0.759. The minimum Gasteiger partial charge on any atom is -0.469 e. The smallest absolute Gasteiger partial charge is 0.251 e. The Hall–Kier alpha value is -2.89. The molecular weight excluding hydrogens is 292 g/mol. The SMILES string of the molecule is C[C@@H](CCc1ccco1)NC(=O)c1ccnc(-n2ccnc2)c1. The number of hydrogen-bond acceptors (Lipinski definition) is 4. The number of imidazole rings is 1. The highest BCUT2D eigenvalue weighted by Gasteiger charge is 2.11. The number of aryl methyl sites for hydroxylation is 1. The number of aromatic nitrogens is 3. The van der Waals surface area contributed by atoms with Gasteiger partial charge in [-0.3, -0.25) is 9.36 Å². The van der Waals surface area contributed by atoms with Crippen LogP contribution in [0.5, 0.6) is 0 Å². The Kier molecular flexibility index (Phi) is 4.52. The highest BCUT2D eigenvalue weighted by molar-refractivity contribution is 5.94. The number of carbonyl (C=O) groups is 1. The van der Waals surface area contributed by atoms with Gasteiger partial charge in [0.2, 0.25) is 0 Å². The van der Waals surface area contributed by atoms with Crippen molar-refractivity contribution in [3.8, 4) is 5.82 Å². The molecule has 1 atom stereocenters. The second-order valence-electron chi connectivity index (χ2n) is 5.37. The van der Waals surface area contributed by atoms with E-state index in [9.17, 15) is 4.79 Å². The van der Waals surface area contributed by atoms with Gasteiger partial charge >= 0.3 is 0 Å². The molecule has 0 unspecified atom stereocenters. The first kappa shape index (κ1) is 15.0. The van der Waals surface area contributed by atoms with Gasteiger partial charge in [0.25, 0.3) is 5.91 Å². The minimum absolute atomic E-state index is 0.0532. The number of carbonyl (C=O) groups excluding carboxylic acids is 1. The van der Waals surface area contributed by atoms with E-state index in [1.807, 2.05) is 19.1 Å². The third-order valence-corrected chi connectivity index (χ3v) is 3.56. The molecule has 0 saturated heterocycles. The van der Waals surface area contributed by atoms with Gasteiger partial charge < -0.3 is 9.73 Å². The molecule has 3 aromatic rings. The highest BCUT2D eigenvalue weighted by atomic mass is 16.3. The van der Waals surface area contributed by atoms with Crippen LogP contribution in [0.1, 0.15) is 29.5 Å². The lowest BCUT2D eigenvalue weighted by Crippen LogP contribution is -2.33. The molecule has 6 nitrogen and oxygen atoms in total. The van der Waals surface area contributed by atoms with Gasteiger partial charge in [-0.15, -0.1) is 0 Å². The first-order valence-electron chi connectivity index (χ1n) is 7.50. The summed E-state index contributed by atoms with van der Waals surface area (Å²) in [7, 11) is 0. The third kappa shape index (κ3) is 3.85. The fraction of sp³-hybridized carbons (Fsp3) is 0.235. The number of hydrogen-bond donors (Lipinski definition) is 1. The molecule has 0 fully saturated rings. The second kappa shape index (κ2) is 6.91. The van der Waals surface area contributed by atoms with E-state index in [2.05, 4.69) is 15.3 Å². The van der Waals surface area contributed by atoms with Crippen LogP contribution in [0.15, 0.2) is 59.9 Å². The first-order valence-corrected chi connectivity index (χ1v) is 7.50. The average Bonchev–Trinajstić information content (AvgIpc) is 3.26. The highest BCUT2D eigenvalue weighted by Crippen LogP contribution is 2.09. The van der Waals surface area contributed by atoms with Crippen molar-refractivity contribution >= 4 is 5.91 Å². The Bertz CT molecular complexity index is 751. The maximum Gasteiger partial charge on any atom is 0.251 e. The molecule has 3 aromatic heterocycles. The summed E-state index contributed by atoms with van der Waals surface area (Å²) in [6, 6.07) is 7.31. The summed E-state index contributed by atoms with van der Waals surface area (Å²) in [5.41, 5.74) is 0.577. The third-order valence-electron chi connectivity index (χ3n) is 3.56. The molecule has 3 rings (SSSR count). The second-order valence-corrected chi connectivity index (χ2v) is 5.37. The lowest BCUT2D eigenvalue weighted by atomic mass is 10.1. The van der Waals surface area contributed by atoms with Crippen molar-refractivity contribution in [3.63, 3.8) is 0 Å². The molecule has 3 heterocycles. The maximum absolute atomic E-state index is 12.4. The summed E-state index contributed by atoms with van der Waals surface area (Å²) in [6.45, 7) is 1.98. The van der Waals surface area contributed by atoms with Gasteiger partial charge in [-0.25, -0.2) is 9.97 Å². The van der Waals surface area contributed by atoms with Crippen LogP contribution in [-0.4, -0.2) is 26.5 Å².